The summed E-state index contributed by atoms with van der Waals surface area (Å²) in [6.45, 7) is 9.26. The van der Waals surface area contributed by atoms with E-state index < -0.39 is 0 Å². The summed E-state index contributed by atoms with van der Waals surface area (Å²) in [6.07, 6.45) is 12.5. The van der Waals surface area contributed by atoms with Gasteiger partial charge in [0.1, 0.15) is 10.9 Å². The fourth-order valence-corrected chi connectivity index (χ4v) is 5.68. The minimum absolute atomic E-state index is 0.194. The van der Waals surface area contributed by atoms with Crippen molar-refractivity contribution in [3.05, 3.63) is 34.1 Å². The van der Waals surface area contributed by atoms with Gasteiger partial charge in [0, 0.05) is 25.2 Å². The van der Waals surface area contributed by atoms with E-state index in [1.165, 1.54) is 30.6 Å². The Kier molecular flexibility index (Phi) is 5.45. The number of β-amino-alcohol motifs (C(OH)–C–C–N with tert-alkyl or cyclic N) is 1. The van der Waals surface area contributed by atoms with E-state index in [2.05, 4.69) is 37.0 Å². The third-order valence-corrected chi connectivity index (χ3v) is 7.41. The normalized spacial score (nSPS) is 25.9. The molecule has 0 aromatic carbocycles. The summed E-state index contributed by atoms with van der Waals surface area (Å²) >= 11 is 1.85. The summed E-state index contributed by atoms with van der Waals surface area (Å²) in [5, 5.41) is 10.9. The number of allylic oxidation sites excluding steroid dienone is 3. The molecule has 2 fully saturated rings. The standard InChI is InChI=1S/C22H31N3OS/c1-15-23-19(14-25-12-9-17(26)13-25)18-5-4-6-20(27-21(18)24-15)16-7-10-22(2,3)11-8-16/h4-6,16-17,26H,7-14H2,1-3H3/t17-/m0/s1. The van der Waals surface area contributed by atoms with Gasteiger partial charge in [-0.25, -0.2) is 9.97 Å². The third-order valence-electron chi connectivity index (χ3n) is 6.20. The first-order valence-electron chi connectivity index (χ1n) is 10.2. The molecular formula is C22H31N3OS. The van der Waals surface area contributed by atoms with E-state index in [0.717, 1.165) is 48.2 Å². The van der Waals surface area contributed by atoms with Crippen LogP contribution >= 0.6 is 11.8 Å². The van der Waals surface area contributed by atoms with Gasteiger partial charge in [0.15, 0.2) is 0 Å². The quantitative estimate of drug-likeness (QED) is 0.772. The fraction of sp³-hybridized carbons (Fsp3) is 0.636. The zero-order chi connectivity index (χ0) is 19.0. The van der Waals surface area contributed by atoms with E-state index in [1.54, 1.807) is 0 Å². The van der Waals surface area contributed by atoms with E-state index in [1.807, 2.05) is 18.7 Å². The van der Waals surface area contributed by atoms with E-state index in [4.69, 9.17) is 9.97 Å². The smallest absolute Gasteiger partial charge is 0.126 e. The van der Waals surface area contributed by atoms with Crippen molar-refractivity contribution in [2.45, 2.75) is 70.6 Å². The monoisotopic (exact) mass is 385 g/mol. The average Bonchev–Trinajstić information content (AvgIpc) is 2.88. The van der Waals surface area contributed by atoms with Crippen LogP contribution in [-0.2, 0) is 6.54 Å². The number of hydrogen-bond donors (Lipinski definition) is 1. The van der Waals surface area contributed by atoms with Gasteiger partial charge in [-0.1, -0.05) is 43.8 Å². The number of rotatable bonds is 3. The van der Waals surface area contributed by atoms with Gasteiger partial charge in [-0.05, 0) is 55.3 Å². The van der Waals surface area contributed by atoms with Crippen LogP contribution in [0, 0.1) is 18.3 Å². The molecule has 0 unspecified atom stereocenters. The van der Waals surface area contributed by atoms with Crippen LogP contribution in [0.4, 0.5) is 0 Å². The second-order valence-electron chi connectivity index (χ2n) is 9.08. The largest absolute Gasteiger partial charge is 0.392 e. The van der Waals surface area contributed by atoms with Crippen LogP contribution in [0.15, 0.2) is 22.1 Å². The van der Waals surface area contributed by atoms with Gasteiger partial charge in [-0.2, -0.15) is 0 Å². The Balaban J connectivity index is 1.54. The average molecular weight is 386 g/mol. The van der Waals surface area contributed by atoms with Gasteiger partial charge in [-0.3, -0.25) is 4.90 Å². The first-order valence-corrected chi connectivity index (χ1v) is 11.1. The summed E-state index contributed by atoms with van der Waals surface area (Å²) in [6, 6.07) is 0. The van der Waals surface area contributed by atoms with E-state index in [0.29, 0.717) is 11.3 Å². The summed E-state index contributed by atoms with van der Waals surface area (Å²) in [5.41, 5.74) is 2.75. The Morgan fingerprint density at radius 3 is 2.70 bits per heavy atom. The number of aliphatic hydroxyl groups is 1. The molecule has 1 saturated heterocycles. The number of fused-ring (bicyclic) bond motifs is 1. The zero-order valence-electron chi connectivity index (χ0n) is 16.7. The van der Waals surface area contributed by atoms with E-state index in [9.17, 15) is 5.11 Å². The Labute approximate surface area is 167 Å². The molecule has 2 aliphatic heterocycles. The van der Waals surface area contributed by atoms with Crippen molar-refractivity contribution in [2.75, 3.05) is 13.1 Å². The minimum atomic E-state index is -0.194. The van der Waals surface area contributed by atoms with Gasteiger partial charge in [-0.15, -0.1) is 0 Å². The summed E-state index contributed by atoms with van der Waals surface area (Å²) in [4.78, 5) is 13.3. The van der Waals surface area contributed by atoms with Crippen LogP contribution in [0.25, 0.3) is 6.08 Å². The summed E-state index contributed by atoms with van der Waals surface area (Å²) < 4.78 is 0. The molecule has 27 heavy (non-hydrogen) atoms. The van der Waals surface area contributed by atoms with Gasteiger partial charge in [0.05, 0.1) is 11.8 Å². The second-order valence-corrected chi connectivity index (χ2v) is 10.1. The molecule has 0 bridgehead atoms. The zero-order valence-corrected chi connectivity index (χ0v) is 17.6. The molecule has 3 aliphatic rings. The number of thioether (sulfide) groups is 1. The van der Waals surface area contributed by atoms with E-state index >= 15 is 0 Å². The fourth-order valence-electron chi connectivity index (χ4n) is 4.43. The van der Waals surface area contributed by atoms with Crippen molar-refractivity contribution in [3.63, 3.8) is 0 Å². The van der Waals surface area contributed by atoms with Crippen molar-refractivity contribution >= 4 is 17.8 Å². The molecule has 1 aliphatic carbocycles. The van der Waals surface area contributed by atoms with Crippen molar-refractivity contribution in [1.82, 2.24) is 14.9 Å². The number of hydrogen-bond acceptors (Lipinski definition) is 5. The topological polar surface area (TPSA) is 49.2 Å². The van der Waals surface area contributed by atoms with Crippen LogP contribution in [0.2, 0.25) is 0 Å². The molecule has 1 aromatic heterocycles. The highest BCUT2D eigenvalue weighted by Gasteiger charge is 2.30. The maximum absolute atomic E-state index is 9.83. The number of nitrogens with zero attached hydrogens (tertiary/aromatic N) is 3. The highest BCUT2D eigenvalue weighted by molar-refractivity contribution is 8.03. The van der Waals surface area contributed by atoms with Gasteiger partial charge < -0.3 is 5.11 Å². The lowest BCUT2D eigenvalue weighted by atomic mass is 9.73. The second kappa shape index (κ2) is 7.69. The molecule has 1 N–H and O–H groups in total. The Bertz CT molecular complexity index is 761. The lowest BCUT2D eigenvalue weighted by Gasteiger charge is -2.35. The van der Waals surface area contributed by atoms with Crippen molar-refractivity contribution in [3.8, 4) is 0 Å². The Hall–Kier alpha value is -1.17. The third kappa shape index (κ3) is 4.47. The summed E-state index contributed by atoms with van der Waals surface area (Å²) in [7, 11) is 0. The molecule has 0 radical (unpaired) electrons. The van der Waals surface area contributed by atoms with Crippen molar-refractivity contribution < 1.29 is 5.11 Å². The number of aryl methyl sites for hydroxylation is 1. The van der Waals surface area contributed by atoms with Crippen molar-refractivity contribution in [2.24, 2.45) is 11.3 Å². The van der Waals surface area contributed by atoms with Crippen molar-refractivity contribution in [1.29, 1.82) is 0 Å². The number of aliphatic hydroxyl groups excluding tert-OH is 1. The lowest BCUT2D eigenvalue weighted by Crippen LogP contribution is -2.23. The molecule has 0 amide bonds. The highest BCUT2D eigenvalue weighted by atomic mass is 32.2. The number of likely N-dealkylation sites (tertiary alicyclic amines) is 1. The van der Waals surface area contributed by atoms with Gasteiger partial charge in [0.25, 0.3) is 0 Å². The molecule has 146 valence electrons. The Morgan fingerprint density at radius 2 is 2.00 bits per heavy atom. The van der Waals surface area contributed by atoms with Gasteiger partial charge in [0.2, 0.25) is 0 Å². The maximum Gasteiger partial charge on any atom is 0.126 e. The predicted octanol–water partition coefficient (Wildman–Crippen LogP) is 4.57. The molecule has 1 aromatic rings. The van der Waals surface area contributed by atoms with Gasteiger partial charge >= 0.3 is 0 Å². The number of aromatic nitrogens is 2. The molecule has 5 heteroatoms. The highest BCUT2D eigenvalue weighted by Crippen LogP contribution is 2.46. The molecule has 4 rings (SSSR count). The lowest BCUT2D eigenvalue weighted by molar-refractivity contribution is 0.174. The van der Waals surface area contributed by atoms with Crippen LogP contribution in [0.1, 0.15) is 63.0 Å². The molecule has 1 atom stereocenters. The van der Waals surface area contributed by atoms with Crippen LogP contribution in [0.3, 0.4) is 0 Å². The predicted molar refractivity (Wildman–Crippen MR) is 111 cm³/mol. The van der Waals surface area contributed by atoms with Crippen LogP contribution in [0.5, 0.6) is 0 Å². The SMILES string of the molecule is Cc1nc(CN2CC[C@H](O)C2)c2c(n1)SC(C1CCC(C)(C)CC1)=CC=C2. The molecule has 3 heterocycles. The Morgan fingerprint density at radius 1 is 1.22 bits per heavy atom. The first-order chi connectivity index (χ1) is 12.9. The van der Waals surface area contributed by atoms with Crippen LogP contribution < -0.4 is 0 Å². The first kappa shape index (κ1) is 19.2. The molecular weight excluding hydrogens is 354 g/mol. The molecule has 0 spiro atoms. The maximum atomic E-state index is 9.83. The summed E-state index contributed by atoms with van der Waals surface area (Å²) in [5.74, 6) is 1.50. The molecule has 1 saturated carbocycles. The minimum Gasteiger partial charge on any atom is -0.392 e. The molecule has 4 nitrogen and oxygen atoms in total. The van der Waals surface area contributed by atoms with E-state index in [-0.39, 0.29) is 6.10 Å². The van der Waals surface area contributed by atoms with Crippen LogP contribution in [-0.4, -0.2) is 39.2 Å².